The van der Waals surface area contributed by atoms with Gasteiger partial charge in [0.25, 0.3) is 0 Å². The highest BCUT2D eigenvalue weighted by Crippen LogP contribution is 2.24. The van der Waals surface area contributed by atoms with Crippen LogP contribution in [0.25, 0.3) is 5.69 Å². The van der Waals surface area contributed by atoms with E-state index in [1.54, 1.807) is 4.68 Å². The number of nitrogens with zero attached hydrogens (tertiary/aromatic N) is 2. The average molecular weight is 299 g/mol. The van der Waals surface area contributed by atoms with Crippen molar-refractivity contribution in [2.24, 2.45) is 0 Å². The molecule has 0 fully saturated rings. The molecule has 0 saturated heterocycles. The van der Waals surface area contributed by atoms with Gasteiger partial charge in [-0.3, -0.25) is 4.21 Å². The second kappa shape index (κ2) is 6.32. The number of para-hydroxylation sites is 1. The fourth-order valence-electron chi connectivity index (χ4n) is 1.77. The van der Waals surface area contributed by atoms with Gasteiger partial charge in [-0.2, -0.15) is 5.10 Å². The topological polar surface area (TPSA) is 55.1 Å². The first-order chi connectivity index (χ1) is 9.13. The van der Waals surface area contributed by atoms with Crippen LogP contribution < -0.4 is 0 Å². The number of aryl methyl sites for hydroxylation is 1. The summed E-state index contributed by atoms with van der Waals surface area (Å²) < 4.78 is 13.4. The first-order valence-electron chi connectivity index (χ1n) is 5.88. The van der Waals surface area contributed by atoms with Crippen LogP contribution in [0, 0.1) is 6.92 Å². The largest absolute Gasteiger partial charge is 0.395 e. The second-order valence-corrected chi connectivity index (χ2v) is 6.05. The maximum Gasteiger partial charge on any atom is 0.137 e. The maximum absolute atomic E-state index is 11.7. The Labute approximate surface area is 119 Å². The summed E-state index contributed by atoms with van der Waals surface area (Å²) >= 11 is 6.31. The molecule has 0 amide bonds. The molecule has 0 aliphatic heterocycles. The van der Waals surface area contributed by atoms with Gasteiger partial charge in [0.1, 0.15) is 5.15 Å². The van der Waals surface area contributed by atoms with Crippen LogP contribution in [-0.2, 0) is 16.6 Å². The van der Waals surface area contributed by atoms with E-state index < -0.39 is 10.8 Å². The average Bonchev–Trinajstić information content (AvgIpc) is 2.68. The van der Waals surface area contributed by atoms with Crippen molar-refractivity contribution in [1.29, 1.82) is 0 Å². The van der Waals surface area contributed by atoms with Gasteiger partial charge in [-0.1, -0.05) is 29.8 Å². The van der Waals surface area contributed by atoms with Gasteiger partial charge in [0.15, 0.2) is 0 Å². The zero-order chi connectivity index (χ0) is 13.8. The summed E-state index contributed by atoms with van der Waals surface area (Å²) in [7, 11) is -1.12. The van der Waals surface area contributed by atoms with Gasteiger partial charge in [-0.05, 0) is 19.1 Å². The summed E-state index contributed by atoms with van der Waals surface area (Å²) in [6.45, 7) is 1.76. The highest BCUT2D eigenvalue weighted by atomic mass is 35.5. The number of aromatic nitrogens is 2. The lowest BCUT2D eigenvalue weighted by atomic mass is 10.3. The molecule has 4 nitrogen and oxygen atoms in total. The van der Waals surface area contributed by atoms with Gasteiger partial charge in [0.2, 0.25) is 0 Å². The quantitative estimate of drug-likeness (QED) is 0.919. The minimum atomic E-state index is -1.12. The molecule has 0 aliphatic rings. The van der Waals surface area contributed by atoms with E-state index in [1.807, 2.05) is 37.3 Å². The molecule has 6 heteroatoms. The molecule has 2 aromatic rings. The Morgan fingerprint density at radius 2 is 2.05 bits per heavy atom. The molecule has 0 saturated carbocycles. The minimum Gasteiger partial charge on any atom is -0.395 e. The van der Waals surface area contributed by atoms with Gasteiger partial charge < -0.3 is 5.11 Å². The van der Waals surface area contributed by atoms with Crippen LogP contribution in [0.3, 0.4) is 0 Å². The van der Waals surface area contributed by atoms with Crippen LogP contribution >= 0.6 is 11.6 Å². The van der Waals surface area contributed by atoms with Gasteiger partial charge >= 0.3 is 0 Å². The van der Waals surface area contributed by atoms with Crippen molar-refractivity contribution in [2.75, 3.05) is 12.4 Å². The normalized spacial score (nSPS) is 12.6. The van der Waals surface area contributed by atoms with Crippen LogP contribution in [0.5, 0.6) is 0 Å². The first-order valence-corrected chi connectivity index (χ1v) is 7.75. The van der Waals surface area contributed by atoms with Crippen molar-refractivity contribution in [3.8, 4) is 5.69 Å². The van der Waals surface area contributed by atoms with Crippen LogP contribution in [0.4, 0.5) is 0 Å². The molecular formula is C13H15ClN2O2S. The van der Waals surface area contributed by atoms with Crippen molar-refractivity contribution in [3.05, 3.63) is 46.7 Å². The Bertz CT molecular complexity index is 584. The van der Waals surface area contributed by atoms with Crippen molar-refractivity contribution >= 4 is 22.4 Å². The Hall–Kier alpha value is -1.17. The standard InChI is InChI=1S/C13H15ClN2O2S/c1-10-12(9-19(18)8-7-17)13(14)16(15-10)11-5-3-2-4-6-11/h2-6,17H,7-9H2,1H3. The van der Waals surface area contributed by atoms with Gasteiger partial charge in [0.05, 0.1) is 23.7 Å². The van der Waals surface area contributed by atoms with Crippen molar-refractivity contribution in [3.63, 3.8) is 0 Å². The Kier molecular flexibility index (Phi) is 4.74. The minimum absolute atomic E-state index is 0.0872. The summed E-state index contributed by atoms with van der Waals surface area (Å²) in [5.41, 5.74) is 2.41. The number of hydrogen-bond donors (Lipinski definition) is 1. The number of benzene rings is 1. The lowest BCUT2D eigenvalue weighted by molar-refractivity contribution is 0.321. The number of aliphatic hydroxyl groups is 1. The molecule has 19 heavy (non-hydrogen) atoms. The molecule has 0 spiro atoms. The lowest BCUT2D eigenvalue weighted by Crippen LogP contribution is -2.05. The monoisotopic (exact) mass is 298 g/mol. The summed E-state index contributed by atoms with van der Waals surface area (Å²) in [4.78, 5) is 0. The zero-order valence-electron chi connectivity index (χ0n) is 10.5. The summed E-state index contributed by atoms with van der Waals surface area (Å²) in [6.07, 6.45) is 0. The molecule has 1 unspecified atom stereocenters. The molecule has 0 aliphatic carbocycles. The molecule has 0 bridgehead atoms. The Morgan fingerprint density at radius 1 is 1.37 bits per heavy atom. The predicted molar refractivity (Wildman–Crippen MR) is 77.1 cm³/mol. The van der Waals surface area contributed by atoms with Crippen LogP contribution in [-0.4, -0.2) is 31.5 Å². The van der Waals surface area contributed by atoms with Crippen molar-refractivity contribution in [2.45, 2.75) is 12.7 Å². The Morgan fingerprint density at radius 3 is 2.68 bits per heavy atom. The third-order valence-electron chi connectivity index (χ3n) is 2.75. The van der Waals surface area contributed by atoms with E-state index >= 15 is 0 Å². The van der Waals surface area contributed by atoms with Crippen LogP contribution in [0.1, 0.15) is 11.3 Å². The molecule has 1 N–H and O–H groups in total. The van der Waals surface area contributed by atoms with Crippen LogP contribution in [0.2, 0.25) is 5.15 Å². The zero-order valence-corrected chi connectivity index (χ0v) is 12.1. The van der Waals surface area contributed by atoms with Gasteiger partial charge in [-0.25, -0.2) is 4.68 Å². The number of rotatable bonds is 5. The van der Waals surface area contributed by atoms with Gasteiger partial charge in [0, 0.05) is 22.1 Å². The summed E-state index contributed by atoms with van der Waals surface area (Å²) in [6, 6.07) is 9.56. The summed E-state index contributed by atoms with van der Waals surface area (Å²) in [5, 5.41) is 13.7. The van der Waals surface area contributed by atoms with E-state index in [-0.39, 0.29) is 12.4 Å². The SMILES string of the molecule is Cc1nn(-c2ccccc2)c(Cl)c1CS(=O)CCO. The molecule has 0 radical (unpaired) electrons. The predicted octanol–water partition coefficient (Wildman–Crippen LogP) is 2.08. The number of aliphatic hydroxyl groups excluding tert-OH is 1. The number of halogens is 1. The highest BCUT2D eigenvalue weighted by Gasteiger charge is 2.16. The fraction of sp³-hybridized carbons (Fsp3) is 0.308. The summed E-state index contributed by atoms with van der Waals surface area (Å²) in [5.74, 6) is 0.574. The van der Waals surface area contributed by atoms with E-state index in [4.69, 9.17) is 16.7 Å². The molecule has 1 aromatic heterocycles. The lowest BCUT2D eigenvalue weighted by Gasteiger charge is -2.03. The molecule has 1 aromatic carbocycles. The fourth-order valence-corrected chi connectivity index (χ4v) is 3.20. The molecule has 102 valence electrons. The third kappa shape index (κ3) is 3.23. The van der Waals surface area contributed by atoms with Crippen LogP contribution in [0.15, 0.2) is 30.3 Å². The molecular weight excluding hydrogens is 284 g/mol. The van der Waals surface area contributed by atoms with E-state index in [2.05, 4.69) is 5.10 Å². The van der Waals surface area contributed by atoms with Crippen molar-refractivity contribution in [1.82, 2.24) is 9.78 Å². The Balaban J connectivity index is 2.33. The smallest absolute Gasteiger partial charge is 0.137 e. The number of hydrogen-bond acceptors (Lipinski definition) is 3. The second-order valence-electron chi connectivity index (χ2n) is 4.11. The van der Waals surface area contributed by atoms with Gasteiger partial charge in [-0.15, -0.1) is 0 Å². The highest BCUT2D eigenvalue weighted by molar-refractivity contribution is 7.84. The third-order valence-corrected chi connectivity index (χ3v) is 4.38. The molecule has 1 atom stereocenters. The molecule has 2 rings (SSSR count). The molecule has 1 heterocycles. The van der Waals surface area contributed by atoms with E-state index in [0.717, 1.165) is 16.9 Å². The van der Waals surface area contributed by atoms with Crippen molar-refractivity contribution < 1.29 is 9.32 Å². The first kappa shape index (κ1) is 14.2. The maximum atomic E-state index is 11.7. The van der Waals surface area contributed by atoms with E-state index in [0.29, 0.717) is 10.9 Å². The van der Waals surface area contributed by atoms with E-state index in [9.17, 15) is 4.21 Å². The van der Waals surface area contributed by atoms with E-state index in [1.165, 1.54) is 0 Å².